The fraction of sp³-hybridized carbons (Fsp3) is 0.650. The van der Waals surface area contributed by atoms with Crippen LogP contribution in [0.2, 0.25) is 0 Å². The first-order valence-electron chi connectivity index (χ1n) is 9.35. The van der Waals surface area contributed by atoms with Crippen molar-refractivity contribution in [2.45, 2.75) is 58.2 Å². The molecule has 2 aliphatic heterocycles. The highest BCUT2D eigenvalue weighted by Crippen LogP contribution is 2.26. The molecule has 1 amide bonds. The summed E-state index contributed by atoms with van der Waals surface area (Å²) < 4.78 is 0. The monoisotopic (exact) mass is 329 g/mol. The molecule has 0 radical (unpaired) electrons. The van der Waals surface area contributed by atoms with Crippen LogP contribution in [0.25, 0.3) is 0 Å². The lowest BCUT2D eigenvalue weighted by Crippen LogP contribution is -2.57. The molecule has 0 bridgehead atoms. The molecule has 4 nitrogen and oxygen atoms in total. The van der Waals surface area contributed by atoms with Crippen molar-refractivity contribution < 1.29 is 4.79 Å². The molecule has 1 N–H and O–H groups in total. The SMILES string of the molecule is CC(=O)N1CC(C)N(Cc2ccc(C3CCNCC3)cc2)C(C)C1. The van der Waals surface area contributed by atoms with Crippen molar-refractivity contribution in [2.24, 2.45) is 0 Å². The number of nitrogens with one attached hydrogen (secondary N) is 1. The second-order valence-electron chi connectivity index (χ2n) is 7.56. The number of hydrogen-bond acceptors (Lipinski definition) is 3. The van der Waals surface area contributed by atoms with E-state index in [1.165, 1.54) is 24.0 Å². The third kappa shape index (κ3) is 3.98. The molecular weight excluding hydrogens is 298 g/mol. The van der Waals surface area contributed by atoms with Crippen LogP contribution in [0.4, 0.5) is 0 Å². The first kappa shape index (κ1) is 17.4. The van der Waals surface area contributed by atoms with Crippen LogP contribution in [0.5, 0.6) is 0 Å². The van der Waals surface area contributed by atoms with Gasteiger partial charge in [0.15, 0.2) is 0 Å². The van der Waals surface area contributed by atoms with Crippen molar-refractivity contribution in [3.63, 3.8) is 0 Å². The van der Waals surface area contributed by atoms with E-state index in [0.29, 0.717) is 12.1 Å². The normalized spacial score (nSPS) is 26.5. The van der Waals surface area contributed by atoms with Crippen LogP contribution in [0, 0.1) is 0 Å². The molecule has 1 aromatic rings. The van der Waals surface area contributed by atoms with Crippen LogP contribution >= 0.6 is 0 Å². The largest absolute Gasteiger partial charge is 0.340 e. The summed E-state index contributed by atoms with van der Waals surface area (Å²) in [6.07, 6.45) is 2.50. The van der Waals surface area contributed by atoms with Gasteiger partial charge in [0.05, 0.1) is 0 Å². The van der Waals surface area contributed by atoms with Crippen LogP contribution in [-0.4, -0.2) is 54.0 Å². The fourth-order valence-electron chi connectivity index (χ4n) is 4.19. The van der Waals surface area contributed by atoms with Crippen molar-refractivity contribution in [3.05, 3.63) is 35.4 Å². The Hall–Kier alpha value is -1.39. The molecule has 0 aromatic heterocycles. The average molecular weight is 329 g/mol. The van der Waals surface area contributed by atoms with Gasteiger partial charge in [0.1, 0.15) is 0 Å². The van der Waals surface area contributed by atoms with Crippen LogP contribution in [0.3, 0.4) is 0 Å². The summed E-state index contributed by atoms with van der Waals surface area (Å²) >= 11 is 0. The number of nitrogens with zero attached hydrogens (tertiary/aromatic N) is 2. The Morgan fingerprint density at radius 1 is 1.08 bits per heavy atom. The lowest BCUT2D eigenvalue weighted by Gasteiger charge is -2.44. The van der Waals surface area contributed by atoms with E-state index in [0.717, 1.165) is 38.6 Å². The fourth-order valence-corrected chi connectivity index (χ4v) is 4.19. The van der Waals surface area contributed by atoms with E-state index < -0.39 is 0 Å². The first-order chi connectivity index (χ1) is 11.5. The minimum absolute atomic E-state index is 0.194. The molecule has 0 aliphatic carbocycles. The number of benzene rings is 1. The van der Waals surface area contributed by atoms with Gasteiger partial charge < -0.3 is 10.2 Å². The Bertz CT molecular complexity index is 539. The molecule has 2 fully saturated rings. The number of rotatable bonds is 3. The average Bonchev–Trinajstić information content (AvgIpc) is 2.59. The van der Waals surface area contributed by atoms with Gasteiger partial charge in [-0.3, -0.25) is 9.69 Å². The maximum atomic E-state index is 11.6. The summed E-state index contributed by atoms with van der Waals surface area (Å²) in [6.45, 7) is 11.1. The van der Waals surface area contributed by atoms with Gasteiger partial charge in [-0.15, -0.1) is 0 Å². The van der Waals surface area contributed by atoms with Crippen molar-refractivity contribution in [2.75, 3.05) is 26.2 Å². The zero-order valence-corrected chi connectivity index (χ0v) is 15.3. The summed E-state index contributed by atoms with van der Waals surface area (Å²) in [4.78, 5) is 16.2. The van der Waals surface area contributed by atoms with E-state index in [1.807, 2.05) is 4.90 Å². The van der Waals surface area contributed by atoms with E-state index in [-0.39, 0.29) is 5.91 Å². The highest BCUT2D eigenvalue weighted by Gasteiger charge is 2.30. The molecule has 2 aliphatic rings. The van der Waals surface area contributed by atoms with Gasteiger partial charge in [-0.25, -0.2) is 0 Å². The van der Waals surface area contributed by atoms with E-state index in [1.54, 1.807) is 6.92 Å². The Morgan fingerprint density at radius 2 is 1.67 bits per heavy atom. The number of piperidine rings is 1. The van der Waals surface area contributed by atoms with Gasteiger partial charge in [-0.2, -0.15) is 0 Å². The molecule has 2 unspecified atom stereocenters. The van der Waals surface area contributed by atoms with Crippen LogP contribution in [0.1, 0.15) is 50.7 Å². The molecule has 132 valence electrons. The Balaban J connectivity index is 1.62. The quantitative estimate of drug-likeness (QED) is 0.926. The van der Waals surface area contributed by atoms with Crippen molar-refractivity contribution in [1.82, 2.24) is 15.1 Å². The summed E-state index contributed by atoms with van der Waals surface area (Å²) in [5.74, 6) is 0.914. The van der Waals surface area contributed by atoms with E-state index in [9.17, 15) is 4.79 Å². The molecule has 2 heterocycles. The summed E-state index contributed by atoms with van der Waals surface area (Å²) in [7, 11) is 0. The highest BCUT2D eigenvalue weighted by atomic mass is 16.2. The number of hydrogen-bond donors (Lipinski definition) is 1. The topological polar surface area (TPSA) is 35.6 Å². The molecule has 2 atom stereocenters. The van der Waals surface area contributed by atoms with Crippen molar-refractivity contribution in [3.8, 4) is 0 Å². The third-order valence-electron chi connectivity index (χ3n) is 5.70. The summed E-state index contributed by atoms with van der Waals surface area (Å²) in [5.41, 5.74) is 2.87. The van der Waals surface area contributed by atoms with Crippen LogP contribution < -0.4 is 5.32 Å². The summed E-state index contributed by atoms with van der Waals surface area (Å²) in [6, 6.07) is 10.1. The van der Waals surface area contributed by atoms with E-state index in [2.05, 4.69) is 48.3 Å². The number of amides is 1. The number of carbonyl (C=O) groups excluding carboxylic acids is 1. The van der Waals surface area contributed by atoms with E-state index >= 15 is 0 Å². The Kier molecular flexibility index (Phi) is 5.57. The predicted octanol–water partition coefficient (Wildman–Crippen LogP) is 2.59. The molecular formula is C20H31N3O. The zero-order chi connectivity index (χ0) is 17.1. The maximum absolute atomic E-state index is 11.6. The van der Waals surface area contributed by atoms with Gasteiger partial charge in [-0.05, 0) is 56.8 Å². The maximum Gasteiger partial charge on any atom is 0.219 e. The molecule has 0 spiro atoms. The first-order valence-corrected chi connectivity index (χ1v) is 9.35. The number of piperazine rings is 1. The minimum atomic E-state index is 0.194. The van der Waals surface area contributed by atoms with Gasteiger partial charge >= 0.3 is 0 Å². The van der Waals surface area contributed by atoms with Gasteiger partial charge in [0, 0.05) is 38.6 Å². The summed E-state index contributed by atoms with van der Waals surface area (Å²) in [5, 5.41) is 3.44. The minimum Gasteiger partial charge on any atom is -0.340 e. The molecule has 4 heteroatoms. The number of carbonyl (C=O) groups is 1. The zero-order valence-electron chi connectivity index (χ0n) is 15.3. The third-order valence-corrected chi connectivity index (χ3v) is 5.70. The highest BCUT2D eigenvalue weighted by molar-refractivity contribution is 5.73. The second kappa shape index (κ2) is 7.66. The van der Waals surface area contributed by atoms with E-state index in [4.69, 9.17) is 0 Å². The van der Waals surface area contributed by atoms with Gasteiger partial charge in [-0.1, -0.05) is 24.3 Å². The van der Waals surface area contributed by atoms with Gasteiger partial charge in [0.2, 0.25) is 5.91 Å². The molecule has 2 saturated heterocycles. The Morgan fingerprint density at radius 3 is 2.21 bits per heavy atom. The van der Waals surface area contributed by atoms with Gasteiger partial charge in [0.25, 0.3) is 0 Å². The Labute approximate surface area is 146 Å². The lowest BCUT2D eigenvalue weighted by atomic mass is 9.90. The van der Waals surface area contributed by atoms with Crippen molar-refractivity contribution >= 4 is 5.91 Å². The second-order valence-corrected chi connectivity index (χ2v) is 7.56. The molecule has 3 rings (SSSR count). The molecule has 24 heavy (non-hydrogen) atoms. The lowest BCUT2D eigenvalue weighted by molar-refractivity contribution is -0.133. The smallest absolute Gasteiger partial charge is 0.219 e. The molecule has 1 aromatic carbocycles. The standard InChI is InChI=1S/C20H31N3O/c1-15-12-22(17(3)24)13-16(2)23(15)14-18-4-6-19(7-5-18)20-8-10-21-11-9-20/h4-7,15-16,20-21H,8-14H2,1-3H3. The predicted molar refractivity (Wildman–Crippen MR) is 98.0 cm³/mol. The van der Waals surface area contributed by atoms with Crippen LogP contribution in [0.15, 0.2) is 24.3 Å². The van der Waals surface area contributed by atoms with Crippen molar-refractivity contribution in [1.29, 1.82) is 0 Å². The van der Waals surface area contributed by atoms with Crippen LogP contribution in [-0.2, 0) is 11.3 Å². The molecule has 0 saturated carbocycles.